The van der Waals surface area contributed by atoms with Crippen molar-refractivity contribution >= 4 is 17.5 Å². The van der Waals surface area contributed by atoms with Gasteiger partial charge in [-0.25, -0.2) is 4.39 Å². The van der Waals surface area contributed by atoms with Crippen LogP contribution >= 0.6 is 11.8 Å². The lowest BCUT2D eigenvalue weighted by Gasteiger charge is -2.10. The third kappa shape index (κ3) is 4.25. The number of carbonyl (C=O) groups excluding carboxylic acids is 1. The van der Waals surface area contributed by atoms with Crippen molar-refractivity contribution in [2.75, 3.05) is 5.75 Å². The Labute approximate surface area is 171 Å². The van der Waals surface area contributed by atoms with Crippen molar-refractivity contribution in [3.63, 3.8) is 0 Å². The van der Waals surface area contributed by atoms with Crippen LogP contribution in [0.3, 0.4) is 0 Å². The van der Waals surface area contributed by atoms with E-state index in [9.17, 15) is 9.18 Å². The summed E-state index contributed by atoms with van der Waals surface area (Å²) in [6, 6.07) is 17.3. The van der Waals surface area contributed by atoms with Gasteiger partial charge in [0.05, 0.1) is 5.75 Å². The van der Waals surface area contributed by atoms with E-state index in [4.69, 9.17) is 0 Å². The van der Waals surface area contributed by atoms with Gasteiger partial charge in [-0.1, -0.05) is 29.5 Å². The smallest absolute Gasteiger partial charge is 0.196 e. The highest BCUT2D eigenvalue weighted by Gasteiger charge is 2.18. The van der Waals surface area contributed by atoms with Crippen LogP contribution in [0.5, 0.6) is 0 Å². The molecule has 5 nitrogen and oxygen atoms in total. The van der Waals surface area contributed by atoms with Crippen molar-refractivity contribution in [3.05, 3.63) is 90.0 Å². The van der Waals surface area contributed by atoms with Gasteiger partial charge in [0.1, 0.15) is 5.82 Å². The Kier molecular flexibility index (Phi) is 5.48. The molecule has 4 aromatic rings. The van der Waals surface area contributed by atoms with E-state index in [0.717, 1.165) is 16.8 Å². The third-order valence-electron chi connectivity index (χ3n) is 4.34. The van der Waals surface area contributed by atoms with Gasteiger partial charge in [-0.05, 0) is 55.5 Å². The molecule has 0 N–H and O–H groups in total. The zero-order valence-electron chi connectivity index (χ0n) is 15.6. The molecule has 0 unspecified atom stereocenters. The van der Waals surface area contributed by atoms with Crippen LogP contribution in [0.1, 0.15) is 15.9 Å². The van der Waals surface area contributed by atoms with Crippen LogP contribution in [0.25, 0.3) is 17.1 Å². The largest absolute Gasteiger partial charge is 0.293 e. The van der Waals surface area contributed by atoms with Crippen LogP contribution < -0.4 is 0 Å². The maximum atomic E-state index is 13.1. The first kappa shape index (κ1) is 19.0. The number of Topliss-reactive ketones (excluding diaryl/α,β-unsaturated/α-hetero) is 1. The van der Waals surface area contributed by atoms with E-state index in [2.05, 4.69) is 15.2 Å². The summed E-state index contributed by atoms with van der Waals surface area (Å²) in [7, 11) is 0. The molecule has 4 rings (SSSR count). The fraction of sp³-hybridized carbons (Fsp3) is 0.0909. The average Bonchev–Trinajstić information content (AvgIpc) is 3.17. The van der Waals surface area contributed by atoms with Crippen molar-refractivity contribution in [2.24, 2.45) is 0 Å². The van der Waals surface area contributed by atoms with Gasteiger partial charge in [-0.3, -0.25) is 14.3 Å². The number of halogens is 1. The van der Waals surface area contributed by atoms with Crippen LogP contribution in [-0.4, -0.2) is 31.3 Å². The number of nitrogens with zero attached hydrogens (tertiary/aromatic N) is 4. The highest BCUT2D eigenvalue weighted by molar-refractivity contribution is 7.99. The number of aromatic nitrogens is 4. The van der Waals surface area contributed by atoms with Gasteiger partial charge >= 0.3 is 0 Å². The highest BCUT2D eigenvalue weighted by Crippen LogP contribution is 2.28. The lowest BCUT2D eigenvalue weighted by atomic mass is 10.1. The Morgan fingerprint density at radius 1 is 1.03 bits per heavy atom. The molecule has 0 aliphatic rings. The van der Waals surface area contributed by atoms with Crippen LogP contribution in [-0.2, 0) is 0 Å². The van der Waals surface area contributed by atoms with E-state index < -0.39 is 0 Å². The van der Waals surface area contributed by atoms with Gasteiger partial charge in [-0.2, -0.15) is 0 Å². The zero-order valence-corrected chi connectivity index (χ0v) is 16.4. The second-order valence-electron chi connectivity index (χ2n) is 6.44. The van der Waals surface area contributed by atoms with E-state index in [1.807, 2.05) is 47.9 Å². The Balaban J connectivity index is 1.66. The van der Waals surface area contributed by atoms with E-state index in [0.29, 0.717) is 16.5 Å². The first-order valence-corrected chi connectivity index (χ1v) is 9.95. The second-order valence-corrected chi connectivity index (χ2v) is 7.38. The van der Waals surface area contributed by atoms with Gasteiger partial charge in [0.15, 0.2) is 16.8 Å². The van der Waals surface area contributed by atoms with E-state index in [1.54, 1.807) is 12.4 Å². The molecule has 0 saturated heterocycles. The molecule has 29 heavy (non-hydrogen) atoms. The van der Waals surface area contributed by atoms with Crippen molar-refractivity contribution in [3.8, 4) is 17.1 Å². The molecule has 0 spiro atoms. The normalized spacial score (nSPS) is 10.8. The van der Waals surface area contributed by atoms with Crippen LogP contribution in [0, 0.1) is 12.7 Å². The fourth-order valence-corrected chi connectivity index (χ4v) is 3.67. The number of thioether (sulfide) groups is 1. The molecular weight excluding hydrogens is 387 g/mol. The first-order chi connectivity index (χ1) is 14.1. The minimum absolute atomic E-state index is 0.101. The number of carbonyl (C=O) groups is 1. The lowest BCUT2D eigenvalue weighted by Crippen LogP contribution is -2.05. The molecule has 0 aliphatic heterocycles. The highest BCUT2D eigenvalue weighted by atomic mass is 32.2. The molecule has 2 aromatic carbocycles. The first-order valence-electron chi connectivity index (χ1n) is 8.96. The summed E-state index contributed by atoms with van der Waals surface area (Å²) in [4.78, 5) is 16.7. The van der Waals surface area contributed by atoms with Gasteiger partial charge in [-0.15, -0.1) is 10.2 Å². The molecule has 0 atom stereocenters. The summed E-state index contributed by atoms with van der Waals surface area (Å²) in [5, 5.41) is 9.25. The Morgan fingerprint density at radius 2 is 1.79 bits per heavy atom. The number of aryl methyl sites for hydroxylation is 1. The van der Waals surface area contributed by atoms with Crippen LogP contribution in [0.15, 0.2) is 78.2 Å². The third-order valence-corrected chi connectivity index (χ3v) is 5.27. The van der Waals surface area contributed by atoms with E-state index in [-0.39, 0.29) is 17.4 Å². The van der Waals surface area contributed by atoms with Crippen molar-refractivity contribution < 1.29 is 9.18 Å². The molecule has 144 valence electrons. The summed E-state index contributed by atoms with van der Waals surface area (Å²) in [5.41, 5.74) is 3.34. The molecule has 0 bridgehead atoms. The Bertz CT molecular complexity index is 1130. The van der Waals surface area contributed by atoms with Crippen molar-refractivity contribution in [2.45, 2.75) is 12.1 Å². The monoisotopic (exact) mass is 404 g/mol. The molecule has 2 heterocycles. The van der Waals surface area contributed by atoms with E-state index in [1.165, 1.54) is 36.0 Å². The van der Waals surface area contributed by atoms with Gasteiger partial charge in [0.2, 0.25) is 0 Å². The summed E-state index contributed by atoms with van der Waals surface area (Å²) in [6.07, 6.45) is 3.43. The molecular formula is C22H17FN4OS. The minimum atomic E-state index is -0.366. The van der Waals surface area contributed by atoms with Crippen molar-refractivity contribution in [1.29, 1.82) is 0 Å². The topological polar surface area (TPSA) is 60.7 Å². The predicted octanol–water partition coefficient (Wildman–Crippen LogP) is 4.75. The Hall–Kier alpha value is -3.32. The summed E-state index contributed by atoms with van der Waals surface area (Å²) >= 11 is 1.29. The Morgan fingerprint density at radius 3 is 2.48 bits per heavy atom. The second kappa shape index (κ2) is 8.36. The zero-order chi connectivity index (χ0) is 20.2. The molecule has 0 saturated carbocycles. The summed E-state index contributed by atoms with van der Waals surface area (Å²) in [6.45, 7) is 2.02. The molecule has 0 radical (unpaired) electrons. The standard InChI is InChI=1S/C22H17FN4OS/c1-15-4-10-19(11-5-15)27-21(17-3-2-12-24-13-17)25-26-22(27)29-14-20(28)16-6-8-18(23)9-7-16/h2-13H,14H2,1H3. The number of hydrogen-bond acceptors (Lipinski definition) is 5. The number of hydrogen-bond donors (Lipinski definition) is 0. The predicted molar refractivity (Wildman–Crippen MR) is 111 cm³/mol. The molecule has 2 aromatic heterocycles. The van der Waals surface area contributed by atoms with Crippen molar-refractivity contribution in [1.82, 2.24) is 19.7 Å². The lowest BCUT2D eigenvalue weighted by molar-refractivity contribution is 0.102. The number of pyridine rings is 1. The number of ketones is 1. The van der Waals surface area contributed by atoms with Gasteiger partial charge in [0.25, 0.3) is 0 Å². The van der Waals surface area contributed by atoms with Crippen LogP contribution in [0.4, 0.5) is 4.39 Å². The average molecular weight is 404 g/mol. The molecule has 0 aliphatic carbocycles. The quantitative estimate of drug-likeness (QED) is 0.343. The minimum Gasteiger partial charge on any atom is -0.293 e. The summed E-state index contributed by atoms with van der Waals surface area (Å²) < 4.78 is 15.0. The number of rotatable bonds is 6. The fourth-order valence-electron chi connectivity index (χ4n) is 2.82. The maximum absolute atomic E-state index is 13.1. The summed E-state index contributed by atoms with van der Waals surface area (Å²) in [5.74, 6) is 0.354. The number of benzene rings is 2. The molecule has 0 amide bonds. The van der Waals surface area contributed by atoms with E-state index >= 15 is 0 Å². The maximum Gasteiger partial charge on any atom is 0.196 e. The van der Waals surface area contributed by atoms with Gasteiger partial charge < -0.3 is 0 Å². The SMILES string of the molecule is Cc1ccc(-n2c(SCC(=O)c3ccc(F)cc3)nnc2-c2cccnc2)cc1. The molecule has 0 fully saturated rings. The van der Waals surface area contributed by atoms with Gasteiger partial charge in [0, 0.05) is 29.2 Å². The van der Waals surface area contributed by atoms with Crippen LogP contribution in [0.2, 0.25) is 0 Å². The molecule has 7 heteroatoms.